The number of nitrogens with zero attached hydrogens (tertiary/aromatic N) is 1. The van der Waals surface area contributed by atoms with E-state index in [-0.39, 0.29) is 12.2 Å². The predicted molar refractivity (Wildman–Crippen MR) is 75.6 cm³/mol. The van der Waals surface area contributed by atoms with Crippen molar-refractivity contribution in [3.8, 4) is 5.75 Å². The molecule has 1 aliphatic carbocycles. The molecule has 4 nitrogen and oxygen atoms in total. The Hall–Kier alpha value is -1.71. The van der Waals surface area contributed by atoms with Crippen LogP contribution < -0.4 is 4.74 Å². The molecule has 1 heterocycles. The maximum Gasteiger partial charge on any atom is 0.410 e. The third kappa shape index (κ3) is 3.44. The van der Waals surface area contributed by atoms with E-state index < -0.39 is 0 Å². The van der Waals surface area contributed by atoms with Gasteiger partial charge in [0.25, 0.3) is 0 Å². The Bertz CT molecular complexity index is 467. The van der Waals surface area contributed by atoms with Crippen LogP contribution in [0.15, 0.2) is 24.3 Å². The Morgan fingerprint density at radius 2 is 2.05 bits per heavy atom. The van der Waals surface area contributed by atoms with Crippen molar-refractivity contribution in [1.82, 2.24) is 4.90 Å². The highest BCUT2D eigenvalue weighted by Gasteiger charge is 2.27. The third-order valence-electron chi connectivity index (χ3n) is 3.83. The number of carbonyl (C=O) groups is 1. The molecule has 0 bridgehead atoms. The number of hydrogen-bond acceptors (Lipinski definition) is 3. The predicted octanol–water partition coefficient (Wildman–Crippen LogP) is 3.21. The van der Waals surface area contributed by atoms with E-state index in [2.05, 4.69) is 0 Å². The van der Waals surface area contributed by atoms with E-state index in [1.807, 2.05) is 31.2 Å². The molecule has 0 aromatic heterocycles. The van der Waals surface area contributed by atoms with Gasteiger partial charge in [0.05, 0.1) is 13.2 Å². The SMILES string of the molecule is CC1CN(Cc2ccc(OCCC3CC3)cc2)C(=O)O1. The lowest BCUT2D eigenvalue weighted by Crippen LogP contribution is -2.24. The van der Waals surface area contributed by atoms with Gasteiger partial charge in [0.1, 0.15) is 11.9 Å². The number of carbonyl (C=O) groups excluding carboxylic acids is 1. The van der Waals surface area contributed by atoms with Gasteiger partial charge in [-0.2, -0.15) is 0 Å². The van der Waals surface area contributed by atoms with Crippen molar-refractivity contribution >= 4 is 6.09 Å². The minimum Gasteiger partial charge on any atom is -0.494 e. The highest BCUT2D eigenvalue weighted by atomic mass is 16.6. The summed E-state index contributed by atoms with van der Waals surface area (Å²) in [6, 6.07) is 7.99. The van der Waals surface area contributed by atoms with Crippen LogP contribution in [0.4, 0.5) is 4.79 Å². The number of hydrogen-bond donors (Lipinski definition) is 0. The zero-order valence-corrected chi connectivity index (χ0v) is 11.9. The first kappa shape index (κ1) is 13.3. The minimum atomic E-state index is -0.220. The van der Waals surface area contributed by atoms with Crippen LogP contribution in [0.3, 0.4) is 0 Å². The largest absolute Gasteiger partial charge is 0.494 e. The summed E-state index contributed by atoms with van der Waals surface area (Å²) in [6.45, 7) is 3.98. The highest BCUT2D eigenvalue weighted by molar-refractivity contribution is 5.69. The highest BCUT2D eigenvalue weighted by Crippen LogP contribution is 2.32. The lowest BCUT2D eigenvalue weighted by molar-refractivity contribution is 0.137. The number of ether oxygens (including phenoxy) is 2. The Kier molecular flexibility index (Phi) is 3.81. The molecule has 3 rings (SSSR count). The monoisotopic (exact) mass is 275 g/mol. The second-order valence-corrected chi connectivity index (χ2v) is 5.80. The van der Waals surface area contributed by atoms with Crippen LogP contribution in [0, 0.1) is 5.92 Å². The van der Waals surface area contributed by atoms with Crippen LogP contribution in [0.1, 0.15) is 31.7 Å². The molecule has 1 atom stereocenters. The fraction of sp³-hybridized carbons (Fsp3) is 0.562. The molecule has 2 fully saturated rings. The Morgan fingerprint density at radius 1 is 1.30 bits per heavy atom. The first-order chi connectivity index (χ1) is 9.70. The quantitative estimate of drug-likeness (QED) is 0.800. The number of cyclic esters (lactones) is 1. The van der Waals surface area contributed by atoms with Crippen LogP contribution in [0.2, 0.25) is 0 Å². The summed E-state index contributed by atoms with van der Waals surface area (Å²) < 4.78 is 10.8. The van der Waals surface area contributed by atoms with Gasteiger partial charge in [-0.05, 0) is 37.0 Å². The maximum absolute atomic E-state index is 11.5. The molecule has 20 heavy (non-hydrogen) atoms. The fourth-order valence-electron chi connectivity index (χ4n) is 2.46. The van der Waals surface area contributed by atoms with Crippen molar-refractivity contribution in [2.45, 2.75) is 38.8 Å². The standard InChI is InChI=1S/C16H21NO3/c1-12-10-17(16(18)20-12)11-14-4-6-15(7-5-14)19-9-8-13-2-3-13/h4-7,12-13H,2-3,8-11H2,1H3. The summed E-state index contributed by atoms with van der Waals surface area (Å²) >= 11 is 0. The third-order valence-corrected chi connectivity index (χ3v) is 3.83. The van der Waals surface area contributed by atoms with Gasteiger partial charge < -0.3 is 14.4 Å². The van der Waals surface area contributed by atoms with Crippen LogP contribution in [-0.2, 0) is 11.3 Å². The van der Waals surface area contributed by atoms with Gasteiger partial charge in [-0.1, -0.05) is 25.0 Å². The molecule has 0 spiro atoms. The van der Waals surface area contributed by atoms with Gasteiger partial charge in [-0.15, -0.1) is 0 Å². The molecule has 1 aliphatic heterocycles. The molecule has 4 heteroatoms. The Morgan fingerprint density at radius 3 is 2.65 bits per heavy atom. The summed E-state index contributed by atoms with van der Waals surface area (Å²) in [4.78, 5) is 13.3. The average molecular weight is 275 g/mol. The molecule has 2 aliphatic rings. The Labute approximate surface area is 119 Å². The zero-order valence-electron chi connectivity index (χ0n) is 11.9. The number of benzene rings is 1. The maximum atomic E-state index is 11.5. The lowest BCUT2D eigenvalue weighted by atomic mass is 10.2. The van der Waals surface area contributed by atoms with Gasteiger partial charge in [0.2, 0.25) is 0 Å². The van der Waals surface area contributed by atoms with Crippen molar-refractivity contribution < 1.29 is 14.3 Å². The molecule has 1 unspecified atom stereocenters. The van der Waals surface area contributed by atoms with Crippen molar-refractivity contribution in [3.63, 3.8) is 0 Å². The smallest absolute Gasteiger partial charge is 0.410 e. The molecular formula is C16H21NO3. The molecule has 1 amide bonds. The van der Waals surface area contributed by atoms with Crippen LogP contribution in [0.5, 0.6) is 5.75 Å². The number of amides is 1. The van der Waals surface area contributed by atoms with E-state index in [0.29, 0.717) is 13.1 Å². The molecule has 1 saturated heterocycles. The Balaban J connectivity index is 1.49. The van der Waals surface area contributed by atoms with Gasteiger partial charge >= 0.3 is 6.09 Å². The molecular weight excluding hydrogens is 254 g/mol. The normalized spacial score (nSPS) is 21.9. The molecule has 1 saturated carbocycles. The van der Waals surface area contributed by atoms with E-state index in [9.17, 15) is 4.79 Å². The minimum absolute atomic E-state index is 0.00692. The summed E-state index contributed by atoms with van der Waals surface area (Å²) in [7, 11) is 0. The van der Waals surface area contributed by atoms with Crippen LogP contribution >= 0.6 is 0 Å². The van der Waals surface area contributed by atoms with Crippen molar-refractivity contribution in [2.75, 3.05) is 13.2 Å². The lowest BCUT2D eigenvalue weighted by Gasteiger charge is -2.13. The molecule has 0 N–H and O–H groups in total. The van der Waals surface area contributed by atoms with E-state index in [1.54, 1.807) is 4.90 Å². The number of rotatable bonds is 6. The zero-order chi connectivity index (χ0) is 13.9. The first-order valence-electron chi connectivity index (χ1n) is 7.38. The van der Waals surface area contributed by atoms with Crippen LogP contribution in [0.25, 0.3) is 0 Å². The van der Waals surface area contributed by atoms with Gasteiger partial charge in [0, 0.05) is 6.54 Å². The fourth-order valence-corrected chi connectivity index (χ4v) is 2.46. The van der Waals surface area contributed by atoms with Crippen molar-refractivity contribution in [1.29, 1.82) is 0 Å². The van der Waals surface area contributed by atoms with E-state index in [4.69, 9.17) is 9.47 Å². The van der Waals surface area contributed by atoms with E-state index in [1.165, 1.54) is 19.3 Å². The average Bonchev–Trinajstić information content (AvgIpc) is 3.18. The summed E-state index contributed by atoms with van der Waals surface area (Å²) in [6.07, 6.45) is 3.67. The van der Waals surface area contributed by atoms with Gasteiger partial charge in [-0.25, -0.2) is 4.79 Å². The van der Waals surface area contributed by atoms with Crippen molar-refractivity contribution in [2.24, 2.45) is 5.92 Å². The van der Waals surface area contributed by atoms with Crippen LogP contribution in [-0.4, -0.2) is 30.2 Å². The van der Waals surface area contributed by atoms with Gasteiger partial charge in [0.15, 0.2) is 0 Å². The van der Waals surface area contributed by atoms with E-state index in [0.717, 1.165) is 23.8 Å². The first-order valence-corrected chi connectivity index (χ1v) is 7.38. The summed E-state index contributed by atoms with van der Waals surface area (Å²) in [5.74, 6) is 1.81. The summed E-state index contributed by atoms with van der Waals surface area (Å²) in [5.41, 5.74) is 1.10. The molecule has 1 aromatic carbocycles. The summed E-state index contributed by atoms with van der Waals surface area (Å²) in [5, 5.41) is 0. The van der Waals surface area contributed by atoms with Gasteiger partial charge in [-0.3, -0.25) is 0 Å². The second kappa shape index (κ2) is 5.73. The van der Waals surface area contributed by atoms with E-state index >= 15 is 0 Å². The topological polar surface area (TPSA) is 38.8 Å². The molecule has 0 radical (unpaired) electrons. The second-order valence-electron chi connectivity index (χ2n) is 5.80. The molecule has 108 valence electrons. The van der Waals surface area contributed by atoms with Crippen molar-refractivity contribution in [3.05, 3.63) is 29.8 Å². The molecule has 1 aromatic rings.